The molecule has 1 aromatic carbocycles. The van der Waals surface area contributed by atoms with Crippen LogP contribution in [0.5, 0.6) is 0 Å². The minimum Gasteiger partial charge on any atom is -0.338 e. The van der Waals surface area contributed by atoms with Gasteiger partial charge in [-0.2, -0.15) is 0 Å². The zero-order chi connectivity index (χ0) is 16.9. The molecule has 0 atom stereocenters. The Morgan fingerprint density at radius 3 is 2.68 bits per heavy atom. The van der Waals surface area contributed by atoms with Gasteiger partial charge in [0.05, 0.1) is 4.88 Å². The molecular weight excluding hydrogens is 328 g/mol. The van der Waals surface area contributed by atoms with Gasteiger partial charge in [-0.1, -0.05) is 24.3 Å². The lowest BCUT2D eigenvalue weighted by Crippen LogP contribution is -2.43. The standard InChI is InChI=1S/C21H24N2OS/c24-20(23-11-8-21(9-12-23)7-10-22-14-21)18-13-16-6-5-15-3-1-2-4-17(15)19(16)25-18/h1-4,13,22H,5-12,14H2. The van der Waals surface area contributed by atoms with Gasteiger partial charge in [0.2, 0.25) is 0 Å². The SMILES string of the molecule is O=C(c1cc2c(s1)-c1ccccc1CC2)N1CCC2(CCNC2)CC1. The smallest absolute Gasteiger partial charge is 0.263 e. The summed E-state index contributed by atoms with van der Waals surface area (Å²) in [4.78, 5) is 17.4. The molecule has 2 fully saturated rings. The lowest BCUT2D eigenvalue weighted by atomic mass is 9.78. The molecule has 0 saturated carbocycles. The molecule has 1 aromatic heterocycles. The Morgan fingerprint density at radius 1 is 1.08 bits per heavy atom. The number of rotatable bonds is 1. The predicted molar refractivity (Wildman–Crippen MR) is 102 cm³/mol. The van der Waals surface area contributed by atoms with Crippen LogP contribution in [0.2, 0.25) is 0 Å². The van der Waals surface area contributed by atoms with Crippen molar-refractivity contribution < 1.29 is 4.79 Å². The quantitative estimate of drug-likeness (QED) is 0.848. The van der Waals surface area contributed by atoms with E-state index in [2.05, 4.69) is 40.5 Å². The summed E-state index contributed by atoms with van der Waals surface area (Å²) in [6, 6.07) is 10.8. The molecule has 2 saturated heterocycles. The first kappa shape index (κ1) is 15.6. The van der Waals surface area contributed by atoms with Gasteiger partial charge in [-0.3, -0.25) is 4.79 Å². The third-order valence-corrected chi connectivity index (χ3v) is 7.59. The predicted octanol–water partition coefficient (Wildman–Crippen LogP) is 3.73. The highest BCUT2D eigenvalue weighted by Gasteiger charge is 2.38. The number of benzene rings is 1. The molecule has 1 amide bonds. The number of carbonyl (C=O) groups is 1. The summed E-state index contributed by atoms with van der Waals surface area (Å²) in [6.45, 7) is 4.11. The molecule has 3 heterocycles. The van der Waals surface area contributed by atoms with Crippen molar-refractivity contribution in [1.82, 2.24) is 10.2 Å². The Kier molecular flexibility index (Phi) is 3.72. The molecule has 0 unspecified atom stereocenters. The average Bonchev–Trinajstić information content (AvgIpc) is 3.29. The van der Waals surface area contributed by atoms with Crippen molar-refractivity contribution in [3.05, 3.63) is 46.3 Å². The Hall–Kier alpha value is -1.65. The highest BCUT2D eigenvalue weighted by Crippen LogP contribution is 2.41. The monoisotopic (exact) mass is 352 g/mol. The van der Waals surface area contributed by atoms with Crippen LogP contribution in [-0.4, -0.2) is 37.0 Å². The van der Waals surface area contributed by atoms with Gasteiger partial charge >= 0.3 is 0 Å². The first-order valence-corrected chi connectivity index (χ1v) is 10.3. The summed E-state index contributed by atoms with van der Waals surface area (Å²) in [5, 5.41) is 3.50. The zero-order valence-corrected chi connectivity index (χ0v) is 15.3. The molecule has 0 bridgehead atoms. The van der Waals surface area contributed by atoms with E-state index in [0.29, 0.717) is 5.41 Å². The summed E-state index contributed by atoms with van der Waals surface area (Å²) in [5.74, 6) is 0.248. The van der Waals surface area contributed by atoms with Crippen LogP contribution in [0.4, 0.5) is 0 Å². The lowest BCUT2D eigenvalue weighted by molar-refractivity contribution is 0.0612. The highest BCUT2D eigenvalue weighted by atomic mass is 32.1. The zero-order valence-electron chi connectivity index (χ0n) is 14.5. The maximum absolute atomic E-state index is 13.1. The third-order valence-electron chi connectivity index (χ3n) is 6.39. The van der Waals surface area contributed by atoms with Crippen molar-refractivity contribution in [3.8, 4) is 10.4 Å². The number of aryl methyl sites for hydroxylation is 2. The highest BCUT2D eigenvalue weighted by molar-refractivity contribution is 7.17. The molecule has 3 nitrogen and oxygen atoms in total. The number of amides is 1. The van der Waals surface area contributed by atoms with Crippen LogP contribution in [-0.2, 0) is 12.8 Å². The van der Waals surface area contributed by atoms with E-state index in [1.54, 1.807) is 11.3 Å². The first-order chi connectivity index (χ1) is 12.2. The number of carbonyl (C=O) groups excluding carboxylic acids is 1. The number of nitrogens with zero attached hydrogens (tertiary/aromatic N) is 1. The van der Waals surface area contributed by atoms with Crippen LogP contribution < -0.4 is 5.32 Å². The van der Waals surface area contributed by atoms with Crippen molar-refractivity contribution in [1.29, 1.82) is 0 Å². The molecule has 1 N–H and O–H groups in total. The van der Waals surface area contributed by atoms with E-state index in [1.165, 1.54) is 28.0 Å². The largest absolute Gasteiger partial charge is 0.338 e. The third kappa shape index (κ3) is 2.63. The van der Waals surface area contributed by atoms with Crippen molar-refractivity contribution in [3.63, 3.8) is 0 Å². The molecule has 4 heteroatoms. The van der Waals surface area contributed by atoms with Gasteiger partial charge in [0.1, 0.15) is 0 Å². The second-order valence-electron chi connectivity index (χ2n) is 7.84. The molecule has 130 valence electrons. The lowest BCUT2D eigenvalue weighted by Gasteiger charge is -2.38. The van der Waals surface area contributed by atoms with Crippen LogP contribution >= 0.6 is 11.3 Å². The molecular formula is C21H24N2OS. The van der Waals surface area contributed by atoms with Gasteiger partial charge in [-0.15, -0.1) is 11.3 Å². The van der Waals surface area contributed by atoms with Gasteiger partial charge in [0.15, 0.2) is 0 Å². The van der Waals surface area contributed by atoms with E-state index in [-0.39, 0.29) is 5.91 Å². The van der Waals surface area contributed by atoms with Gasteiger partial charge in [-0.25, -0.2) is 0 Å². The summed E-state index contributed by atoms with van der Waals surface area (Å²) in [5.41, 5.74) is 4.58. The van der Waals surface area contributed by atoms with Crippen molar-refractivity contribution in [2.24, 2.45) is 5.41 Å². The molecule has 1 aliphatic carbocycles. The van der Waals surface area contributed by atoms with Crippen LogP contribution in [0.3, 0.4) is 0 Å². The molecule has 25 heavy (non-hydrogen) atoms. The fraction of sp³-hybridized carbons (Fsp3) is 0.476. The molecule has 2 aromatic rings. The summed E-state index contributed by atoms with van der Waals surface area (Å²) in [6.07, 6.45) is 5.73. The molecule has 0 radical (unpaired) electrons. The Labute approximate surface area is 153 Å². The first-order valence-electron chi connectivity index (χ1n) is 9.45. The van der Waals surface area contributed by atoms with Crippen LogP contribution in [0.1, 0.15) is 40.1 Å². The van der Waals surface area contributed by atoms with E-state index >= 15 is 0 Å². The molecule has 2 aliphatic heterocycles. The minimum absolute atomic E-state index is 0.248. The van der Waals surface area contributed by atoms with E-state index in [4.69, 9.17) is 0 Å². The fourth-order valence-electron chi connectivity index (χ4n) is 4.74. The summed E-state index contributed by atoms with van der Waals surface area (Å²) >= 11 is 1.70. The van der Waals surface area contributed by atoms with E-state index in [9.17, 15) is 4.79 Å². The average molecular weight is 353 g/mol. The van der Waals surface area contributed by atoms with Crippen molar-refractivity contribution >= 4 is 17.2 Å². The van der Waals surface area contributed by atoms with Crippen LogP contribution in [0.25, 0.3) is 10.4 Å². The molecule has 1 spiro atoms. The van der Waals surface area contributed by atoms with E-state index in [0.717, 1.165) is 56.7 Å². The number of hydrogen-bond acceptors (Lipinski definition) is 3. The van der Waals surface area contributed by atoms with Crippen LogP contribution in [0, 0.1) is 5.41 Å². The topological polar surface area (TPSA) is 32.3 Å². The summed E-state index contributed by atoms with van der Waals surface area (Å²) in [7, 11) is 0. The van der Waals surface area contributed by atoms with Gasteiger partial charge < -0.3 is 10.2 Å². The Bertz CT molecular complexity index is 809. The normalized spacial score (nSPS) is 21.2. The van der Waals surface area contributed by atoms with E-state index in [1.807, 2.05) is 0 Å². The number of fused-ring (bicyclic) bond motifs is 3. The number of likely N-dealkylation sites (tertiary alicyclic amines) is 1. The van der Waals surface area contributed by atoms with Crippen LogP contribution in [0.15, 0.2) is 30.3 Å². The number of piperidine rings is 1. The Morgan fingerprint density at radius 2 is 1.88 bits per heavy atom. The minimum atomic E-state index is 0.248. The number of hydrogen-bond donors (Lipinski definition) is 1. The number of nitrogens with one attached hydrogen (secondary N) is 1. The van der Waals surface area contributed by atoms with E-state index < -0.39 is 0 Å². The van der Waals surface area contributed by atoms with Gasteiger partial charge in [0, 0.05) is 24.5 Å². The summed E-state index contributed by atoms with van der Waals surface area (Å²) < 4.78 is 0. The maximum atomic E-state index is 13.1. The van der Waals surface area contributed by atoms with Crippen molar-refractivity contribution in [2.75, 3.05) is 26.2 Å². The fourth-order valence-corrected chi connectivity index (χ4v) is 5.98. The second kappa shape index (κ2) is 5.96. The van der Waals surface area contributed by atoms with Crippen molar-refractivity contribution in [2.45, 2.75) is 32.1 Å². The molecule has 5 rings (SSSR count). The molecule has 3 aliphatic rings. The second-order valence-corrected chi connectivity index (χ2v) is 8.89. The number of thiophene rings is 1. The Balaban J connectivity index is 1.37. The van der Waals surface area contributed by atoms with Gasteiger partial charge in [-0.05, 0) is 66.8 Å². The van der Waals surface area contributed by atoms with Gasteiger partial charge in [0.25, 0.3) is 5.91 Å². The maximum Gasteiger partial charge on any atom is 0.263 e.